The Kier molecular flexibility index (Phi) is 4.62. The van der Waals surface area contributed by atoms with E-state index in [2.05, 4.69) is 9.46 Å². The van der Waals surface area contributed by atoms with Crippen LogP contribution in [0.25, 0.3) is 0 Å². The predicted molar refractivity (Wildman–Crippen MR) is 99.5 cm³/mol. The largest absolute Gasteiger partial charge is 0.371 e. The maximum absolute atomic E-state index is 13.1. The van der Waals surface area contributed by atoms with Gasteiger partial charge in [0.1, 0.15) is 0 Å². The molecular formula is C18H26N4O4S. The zero-order valence-electron chi connectivity index (χ0n) is 15.8. The predicted octanol–water partition coefficient (Wildman–Crippen LogP) is 0.929. The molecule has 1 spiro atoms. The first kappa shape index (κ1) is 18.6. The van der Waals surface area contributed by atoms with Crippen LogP contribution in [0.3, 0.4) is 0 Å². The van der Waals surface area contributed by atoms with Crippen LogP contribution in [0.2, 0.25) is 0 Å². The molecule has 3 heterocycles. The number of carbonyl (C=O) groups is 2. The van der Waals surface area contributed by atoms with Gasteiger partial charge in [0, 0.05) is 50.7 Å². The molecule has 1 aliphatic carbocycles. The first-order valence-corrected chi connectivity index (χ1v) is 11.3. The van der Waals surface area contributed by atoms with Gasteiger partial charge in [0.2, 0.25) is 5.91 Å². The Balaban J connectivity index is 1.40. The van der Waals surface area contributed by atoms with Crippen molar-refractivity contribution in [2.45, 2.75) is 37.7 Å². The standard InChI is InChI=1S/C18H26N4O4S/c1-13(23)22-7-8-26-18(12-22)4-9-27(25,10-5-18)20-17(24)15-11-14(15)16-3-6-21(2)19-16/h3,6,14-15H,4-5,7-12H2,1-2H3/t14-,15-,18?,27?/m1/s1. The Labute approximate surface area is 159 Å². The second-order valence-corrected chi connectivity index (χ2v) is 10.5. The third kappa shape index (κ3) is 3.80. The first-order valence-electron chi connectivity index (χ1n) is 9.45. The van der Waals surface area contributed by atoms with Gasteiger partial charge in [0.05, 0.1) is 33.5 Å². The molecule has 9 heteroatoms. The maximum Gasteiger partial charge on any atom is 0.257 e. The highest BCUT2D eigenvalue weighted by molar-refractivity contribution is 7.93. The normalized spacial score (nSPS) is 35.9. The van der Waals surface area contributed by atoms with Crippen molar-refractivity contribution in [1.82, 2.24) is 14.7 Å². The molecule has 2 aliphatic heterocycles. The molecular weight excluding hydrogens is 368 g/mol. The third-order valence-corrected chi connectivity index (χ3v) is 8.12. The molecule has 0 radical (unpaired) electrons. The Morgan fingerprint density at radius 3 is 2.74 bits per heavy atom. The molecule has 2 saturated heterocycles. The lowest BCUT2D eigenvalue weighted by Gasteiger charge is -2.45. The highest BCUT2D eigenvalue weighted by Gasteiger charge is 2.47. The van der Waals surface area contributed by atoms with Crippen LogP contribution in [-0.4, -0.2) is 67.5 Å². The van der Waals surface area contributed by atoms with Gasteiger partial charge in [0.25, 0.3) is 5.91 Å². The van der Waals surface area contributed by atoms with Crippen molar-refractivity contribution in [3.8, 4) is 0 Å². The maximum atomic E-state index is 13.1. The molecule has 2 amide bonds. The minimum atomic E-state index is -2.54. The van der Waals surface area contributed by atoms with Crippen molar-refractivity contribution in [3.05, 3.63) is 18.0 Å². The van der Waals surface area contributed by atoms with Crippen molar-refractivity contribution in [1.29, 1.82) is 0 Å². The number of hydrogen-bond donors (Lipinski definition) is 0. The molecule has 0 aromatic carbocycles. The highest BCUT2D eigenvalue weighted by Crippen LogP contribution is 2.47. The topological polar surface area (TPSA) is 93.9 Å². The summed E-state index contributed by atoms with van der Waals surface area (Å²) in [5.41, 5.74) is 0.475. The number of hydrogen-bond acceptors (Lipinski definition) is 5. The smallest absolute Gasteiger partial charge is 0.257 e. The number of ether oxygens (including phenoxy) is 1. The van der Waals surface area contributed by atoms with E-state index in [1.165, 1.54) is 0 Å². The van der Waals surface area contributed by atoms with Crippen LogP contribution in [-0.2, 0) is 31.1 Å². The highest BCUT2D eigenvalue weighted by atomic mass is 32.2. The summed E-state index contributed by atoms with van der Waals surface area (Å²) in [5.74, 6) is 0.413. The van der Waals surface area contributed by atoms with Crippen molar-refractivity contribution in [3.63, 3.8) is 0 Å². The molecule has 0 bridgehead atoms. The van der Waals surface area contributed by atoms with Crippen molar-refractivity contribution in [2.24, 2.45) is 17.3 Å². The fourth-order valence-corrected chi connectivity index (χ4v) is 6.31. The fraction of sp³-hybridized carbons (Fsp3) is 0.722. The van der Waals surface area contributed by atoms with Gasteiger partial charge in [0.15, 0.2) is 0 Å². The molecule has 3 fully saturated rings. The Morgan fingerprint density at radius 2 is 2.11 bits per heavy atom. The molecule has 148 valence electrons. The molecule has 0 N–H and O–H groups in total. The molecule has 3 aliphatic rings. The van der Waals surface area contributed by atoms with E-state index in [0.29, 0.717) is 44.0 Å². The number of aromatic nitrogens is 2. The molecule has 1 aromatic rings. The summed E-state index contributed by atoms with van der Waals surface area (Å²) in [6, 6.07) is 1.92. The number of aryl methyl sites for hydroxylation is 1. The number of nitrogens with zero attached hydrogens (tertiary/aromatic N) is 4. The van der Waals surface area contributed by atoms with Gasteiger partial charge in [-0.15, -0.1) is 0 Å². The van der Waals surface area contributed by atoms with Gasteiger partial charge in [-0.3, -0.25) is 14.3 Å². The number of amides is 2. The molecule has 1 saturated carbocycles. The average molecular weight is 394 g/mol. The lowest BCUT2D eigenvalue weighted by Crippen LogP contribution is -2.56. The summed E-state index contributed by atoms with van der Waals surface area (Å²) >= 11 is 0. The van der Waals surface area contributed by atoms with Crippen LogP contribution < -0.4 is 0 Å². The van der Waals surface area contributed by atoms with Crippen LogP contribution in [0.15, 0.2) is 16.6 Å². The summed E-state index contributed by atoms with van der Waals surface area (Å²) in [7, 11) is -0.692. The first-order chi connectivity index (χ1) is 12.8. The van der Waals surface area contributed by atoms with Crippen LogP contribution in [0.4, 0.5) is 0 Å². The minimum absolute atomic E-state index is 0.0399. The SMILES string of the molecule is CC(=O)N1CCOC2(CCS(=O)(=NC(=O)[C@@H]3C[C@H]3c3ccn(C)n3)CC2)C1. The molecule has 8 nitrogen and oxygen atoms in total. The number of carbonyl (C=O) groups excluding carboxylic acids is 2. The monoisotopic (exact) mass is 394 g/mol. The van der Waals surface area contributed by atoms with E-state index in [9.17, 15) is 13.8 Å². The zero-order valence-corrected chi connectivity index (χ0v) is 16.6. The van der Waals surface area contributed by atoms with Crippen molar-refractivity contribution >= 4 is 21.5 Å². The van der Waals surface area contributed by atoms with Gasteiger partial charge in [-0.25, -0.2) is 4.21 Å². The Morgan fingerprint density at radius 1 is 1.37 bits per heavy atom. The summed E-state index contributed by atoms with van der Waals surface area (Å²) in [4.78, 5) is 26.0. The van der Waals surface area contributed by atoms with E-state index in [-0.39, 0.29) is 23.7 Å². The average Bonchev–Trinajstić information content (AvgIpc) is 3.33. The second-order valence-electron chi connectivity index (χ2n) is 7.95. The summed E-state index contributed by atoms with van der Waals surface area (Å²) < 4.78 is 24.9. The van der Waals surface area contributed by atoms with Gasteiger partial charge < -0.3 is 9.64 Å². The molecule has 0 unspecified atom stereocenters. The van der Waals surface area contributed by atoms with E-state index in [0.717, 1.165) is 12.1 Å². The van der Waals surface area contributed by atoms with E-state index in [1.54, 1.807) is 16.5 Å². The van der Waals surface area contributed by atoms with E-state index in [4.69, 9.17) is 4.74 Å². The quantitative estimate of drug-likeness (QED) is 0.744. The summed E-state index contributed by atoms with van der Waals surface area (Å²) in [6.07, 6.45) is 3.73. The third-order valence-electron chi connectivity index (χ3n) is 5.93. The lowest BCUT2D eigenvalue weighted by molar-refractivity contribution is -0.150. The molecule has 2 atom stereocenters. The van der Waals surface area contributed by atoms with Gasteiger partial charge in [-0.2, -0.15) is 9.46 Å². The van der Waals surface area contributed by atoms with Gasteiger partial charge in [-0.1, -0.05) is 0 Å². The van der Waals surface area contributed by atoms with Gasteiger partial charge >= 0.3 is 0 Å². The minimum Gasteiger partial charge on any atom is -0.371 e. The van der Waals surface area contributed by atoms with E-state index >= 15 is 0 Å². The van der Waals surface area contributed by atoms with Crippen LogP contribution >= 0.6 is 0 Å². The number of morpholine rings is 1. The van der Waals surface area contributed by atoms with Crippen LogP contribution in [0.5, 0.6) is 0 Å². The second kappa shape index (κ2) is 6.70. The Bertz CT molecular complexity index is 872. The van der Waals surface area contributed by atoms with Crippen LogP contribution in [0.1, 0.15) is 37.8 Å². The molecule has 27 heavy (non-hydrogen) atoms. The Hall–Kier alpha value is -1.74. The summed E-state index contributed by atoms with van der Waals surface area (Å²) in [6.45, 7) is 3.21. The fourth-order valence-electron chi connectivity index (χ4n) is 4.08. The summed E-state index contributed by atoms with van der Waals surface area (Å²) in [5, 5.41) is 4.35. The van der Waals surface area contributed by atoms with Crippen LogP contribution in [0, 0.1) is 5.92 Å². The van der Waals surface area contributed by atoms with Gasteiger partial charge in [-0.05, 0) is 25.3 Å². The zero-order chi connectivity index (χ0) is 19.2. The molecule has 1 aromatic heterocycles. The van der Waals surface area contributed by atoms with Crippen molar-refractivity contribution in [2.75, 3.05) is 31.2 Å². The van der Waals surface area contributed by atoms with Crippen molar-refractivity contribution < 1.29 is 18.5 Å². The lowest BCUT2D eigenvalue weighted by atomic mass is 9.94. The van der Waals surface area contributed by atoms with E-state index in [1.807, 2.05) is 19.3 Å². The molecule has 4 rings (SSSR count). The van der Waals surface area contributed by atoms with E-state index < -0.39 is 15.3 Å². The number of rotatable bonds is 2.